The van der Waals surface area contributed by atoms with E-state index >= 15 is 0 Å². The molecule has 0 saturated carbocycles. The van der Waals surface area contributed by atoms with Crippen LogP contribution in [0.5, 0.6) is 5.75 Å². The fraction of sp³-hybridized carbons (Fsp3) is 0.381. The van der Waals surface area contributed by atoms with Gasteiger partial charge in [0.2, 0.25) is 5.43 Å². The molecular weight excluding hydrogens is 328 g/mol. The summed E-state index contributed by atoms with van der Waals surface area (Å²) in [6.45, 7) is 8.44. The van der Waals surface area contributed by atoms with E-state index in [1.165, 1.54) is 6.08 Å². The van der Waals surface area contributed by atoms with Crippen molar-refractivity contribution >= 4 is 17.6 Å². The molecule has 3 aliphatic rings. The Labute approximate surface area is 151 Å². The molecule has 1 amide bonds. The van der Waals surface area contributed by atoms with Gasteiger partial charge in [-0.3, -0.25) is 9.59 Å². The largest absolute Gasteiger partial charge is 0.507 e. The molecule has 2 heterocycles. The van der Waals surface area contributed by atoms with Crippen LogP contribution >= 0.6 is 0 Å². The molecule has 0 bridgehead atoms. The second-order valence-electron chi connectivity index (χ2n) is 6.77. The summed E-state index contributed by atoms with van der Waals surface area (Å²) < 4.78 is 1.96. The molecule has 0 aromatic carbocycles. The van der Waals surface area contributed by atoms with Crippen molar-refractivity contribution in [2.75, 3.05) is 0 Å². The molecule has 0 aromatic heterocycles. The van der Waals surface area contributed by atoms with E-state index in [2.05, 4.69) is 18.0 Å². The van der Waals surface area contributed by atoms with Gasteiger partial charge in [-0.2, -0.15) is 0 Å². The third kappa shape index (κ3) is 2.77. The lowest BCUT2D eigenvalue weighted by Crippen LogP contribution is -2.37. The zero-order valence-electron chi connectivity index (χ0n) is 15.7. The number of hydrogen-bond donors (Lipinski definition) is 1. The lowest BCUT2D eigenvalue weighted by Gasteiger charge is -2.16. The first kappa shape index (κ1) is 18.1. The Hall–Kier alpha value is -2.69. The second kappa shape index (κ2) is 6.90. The van der Waals surface area contributed by atoms with Gasteiger partial charge in [0.1, 0.15) is 16.5 Å². The number of amides is 1. The molecule has 1 N–H and O–H groups in total. The quantitative estimate of drug-likeness (QED) is 0.916. The number of rotatable bonds is 4. The molecule has 26 heavy (non-hydrogen) atoms. The zero-order valence-corrected chi connectivity index (χ0v) is 15.7. The Bertz CT molecular complexity index is 1170. The summed E-state index contributed by atoms with van der Waals surface area (Å²) in [5, 5.41) is 12.9. The summed E-state index contributed by atoms with van der Waals surface area (Å²) in [7, 11) is 0. The monoisotopic (exact) mass is 352 g/mol. The van der Waals surface area contributed by atoms with E-state index in [-0.39, 0.29) is 16.5 Å². The van der Waals surface area contributed by atoms with Crippen molar-refractivity contribution in [3.05, 3.63) is 54.8 Å². The minimum atomic E-state index is -0.459. The third-order valence-corrected chi connectivity index (χ3v) is 4.82. The number of hydrogen-bond acceptors (Lipinski definition) is 3. The topological polar surface area (TPSA) is 71.7 Å². The molecular formula is C21H24N2O3. The minimum absolute atomic E-state index is 0.0328. The normalized spacial score (nSPS) is 14.4. The van der Waals surface area contributed by atoms with Gasteiger partial charge in [-0.1, -0.05) is 26.3 Å². The van der Waals surface area contributed by atoms with Gasteiger partial charge < -0.3 is 9.67 Å². The van der Waals surface area contributed by atoms with Crippen LogP contribution in [-0.4, -0.2) is 15.6 Å². The SMILES string of the molecule is CC/C=c1\cc(C)c2c(O)c3c(c(=O)c=2n1CCCC)=NC(=O)C=C3C. The van der Waals surface area contributed by atoms with Crippen LogP contribution in [0.4, 0.5) is 0 Å². The summed E-state index contributed by atoms with van der Waals surface area (Å²) in [4.78, 5) is 29.1. The van der Waals surface area contributed by atoms with E-state index in [4.69, 9.17) is 0 Å². The Morgan fingerprint density at radius 3 is 2.62 bits per heavy atom. The third-order valence-electron chi connectivity index (χ3n) is 4.82. The Morgan fingerprint density at radius 2 is 1.96 bits per heavy atom. The molecule has 5 nitrogen and oxygen atoms in total. The van der Waals surface area contributed by atoms with Gasteiger partial charge in [-0.05, 0) is 43.9 Å². The molecule has 0 radical (unpaired) electrons. The number of unbranched alkanes of at least 4 members (excludes halogenated alkanes) is 1. The number of nitrogens with zero attached hydrogens (tertiary/aromatic N) is 2. The predicted molar refractivity (Wildman–Crippen MR) is 102 cm³/mol. The summed E-state index contributed by atoms with van der Waals surface area (Å²) in [5.74, 6) is -0.427. The van der Waals surface area contributed by atoms with E-state index < -0.39 is 5.91 Å². The summed E-state index contributed by atoms with van der Waals surface area (Å²) >= 11 is 0. The summed E-state index contributed by atoms with van der Waals surface area (Å²) in [6, 6.07) is 2.01. The highest BCUT2D eigenvalue weighted by Crippen LogP contribution is 2.25. The van der Waals surface area contributed by atoms with Crippen molar-refractivity contribution in [2.45, 2.75) is 53.5 Å². The Balaban J connectivity index is 2.65. The minimum Gasteiger partial charge on any atom is -0.507 e. The van der Waals surface area contributed by atoms with Crippen LogP contribution in [0.15, 0.2) is 21.9 Å². The van der Waals surface area contributed by atoms with Crippen molar-refractivity contribution < 1.29 is 9.90 Å². The van der Waals surface area contributed by atoms with Crippen LogP contribution in [0.2, 0.25) is 0 Å². The van der Waals surface area contributed by atoms with Gasteiger partial charge in [-0.25, -0.2) is 4.99 Å². The Kier molecular flexibility index (Phi) is 4.81. The van der Waals surface area contributed by atoms with E-state index in [0.29, 0.717) is 28.2 Å². The first-order chi connectivity index (χ1) is 12.4. The first-order valence-electron chi connectivity index (χ1n) is 9.11. The van der Waals surface area contributed by atoms with Crippen LogP contribution in [0.3, 0.4) is 0 Å². The number of carbonyl (C=O) groups is 1. The van der Waals surface area contributed by atoms with Gasteiger partial charge in [-0.15, -0.1) is 0 Å². The van der Waals surface area contributed by atoms with Gasteiger partial charge in [0, 0.05) is 23.2 Å². The van der Waals surface area contributed by atoms with Crippen LogP contribution < -0.4 is 16.1 Å². The van der Waals surface area contributed by atoms with Gasteiger partial charge >= 0.3 is 0 Å². The molecule has 5 heteroatoms. The molecule has 0 aromatic rings. The molecule has 3 rings (SSSR count). The molecule has 2 aliphatic heterocycles. The number of carbonyl (C=O) groups excluding carboxylic acids is 1. The lowest BCUT2D eigenvalue weighted by atomic mass is 9.98. The predicted octanol–water partition coefficient (Wildman–Crippen LogP) is 2.14. The summed E-state index contributed by atoms with van der Waals surface area (Å²) in [6.07, 6.45) is 6.18. The van der Waals surface area contributed by atoms with Crippen molar-refractivity contribution in [2.24, 2.45) is 4.99 Å². The van der Waals surface area contributed by atoms with E-state index in [9.17, 15) is 14.7 Å². The fourth-order valence-corrected chi connectivity index (χ4v) is 3.64. The average Bonchev–Trinajstić information content (AvgIpc) is 2.58. The van der Waals surface area contributed by atoms with Crippen LogP contribution in [0, 0.1) is 17.5 Å². The van der Waals surface area contributed by atoms with E-state index in [1.54, 1.807) is 6.92 Å². The van der Waals surface area contributed by atoms with Crippen molar-refractivity contribution in [1.29, 1.82) is 0 Å². The second-order valence-corrected chi connectivity index (χ2v) is 6.77. The molecule has 0 atom stereocenters. The van der Waals surface area contributed by atoms with Gasteiger partial charge in [0.05, 0.1) is 5.56 Å². The van der Waals surface area contributed by atoms with Crippen molar-refractivity contribution in [3.8, 4) is 5.75 Å². The zero-order chi connectivity index (χ0) is 19.0. The highest BCUT2D eigenvalue weighted by molar-refractivity contribution is 5.98. The smallest absolute Gasteiger partial charge is 0.270 e. The molecule has 136 valence electrons. The Morgan fingerprint density at radius 1 is 1.23 bits per heavy atom. The van der Waals surface area contributed by atoms with Crippen LogP contribution in [0.1, 0.15) is 51.2 Å². The highest BCUT2D eigenvalue weighted by Gasteiger charge is 2.21. The maximum absolute atomic E-state index is 13.3. The maximum atomic E-state index is 13.3. The van der Waals surface area contributed by atoms with Crippen molar-refractivity contribution in [1.82, 2.24) is 4.57 Å². The average molecular weight is 352 g/mol. The van der Waals surface area contributed by atoms with Gasteiger partial charge in [0.15, 0.2) is 0 Å². The maximum Gasteiger partial charge on any atom is 0.270 e. The number of allylic oxidation sites excluding steroid dienone is 1. The molecule has 1 aliphatic carbocycles. The molecule has 0 spiro atoms. The standard InChI is InChI=1S/C21H24N2O3/c1-5-7-9-23-14(8-6-2)10-12(3)17-19(23)21(26)18-16(20(17)25)13(4)11-15(24)22-18/h8,10-11,25H,5-7,9H2,1-4H3/b14-8+. The number of aromatic hydroxyl groups is 1. The molecule has 0 unspecified atom stereocenters. The number of aryl methyl sites for hydroxylation is 1. The van der Waals surface area contributed by atoms with E-state index in [1.807, 2.05) is 24.5 Å². The first-order valence-corrected chi connectivity index (χ1v) is 9.11. The van der Waals surface area contributed by atoms with E-state index in [0.717, 1.165) is 30.2 Å². The van der Waals surface area contributed by atoms with Gasteiger partial charge in [0.25, 0.3) is 5.91 Å². The fourth-order valence-electron chi connectivity index (χ4n) is 3.64. The highest BCUT2D eigenvalue weighted by atomic mass is 16.3. The number of fused-ring (bicyclic) bond motifs is 1. The summed E-state index contributed by atoms with van der Waals surface area (Å²) in [5.41, 5.74) is 1.49. The van der Waals surface area contributed by atoms with Crippen LogP contribution in [-0.2, 0) is 11.3 Å². The number of aromatic nitrogens is 1. The molecule has 0 saturated heterocycles. The lowest BCUT2D eigenvalue weighted by molar-refractivity contribution is -0.113. The molecule has 0 fully saturated rings. The van der Waals surface area contributed by atoms with Crippen molar-refractivity contribution in [3.63, 3.8) is 0 Å². The van der Waals surface area contributed by atoms with Crippen LogP contribution in [0.25, 0.3) is 11.6 Å².